The van der Waals surface area contributed by atoms with Crippen molar-refractivity contribution in [3.63, 3.8) is 0 Å². The second kappa shape index (κ2) is 9.47. The third-order valence-corrected chi connectivity index (χ3v) is 3.94. The number of nitrogens with one attached hydrogen (secondary N) is 4. The maximum absolute atomic E-state index is 12.6. The van der Waals surface area contributed by atoms with E-state index in [-0.39, 0.29) is 17.2 Å². The lowest BCUT2D eigenvalue weighted by Gasteiger charge is -2.16. The van der Waals surface area contributed by atoms with Gasteiger partial charge >= 0.3 is 6.03 Å². The Bertz CT molecular complexity index is 1200. The first-order valence-electron chi connectivity index (χ1n) is 10.5. The van der Waals surface area contributed by atoms with Gasteiger partial charge in [-0.25, -0.2) is 4.79 Å². The summed E-state index contributed by atoms with van der Waals surface area (Å²) in [7, 11) is 3.06. The number of hydrogen-bond donors (Lipinski definition) is 4. The minimum Gasteiger partial charge on any atom is -0.494 e. The van der Waals surface area contributed by atoms with Gasteiger partial charge in [-0.3, -0.25) is 10.1 Å². The van der Waals surface area contributed by atoms with Crippen molar-refractivity contribution in [3.8, 4) is 17.1 Å². The van der Waals surface area contributed by atoms with E-state index in [1.54, 1.807) is 32.2 Å². The van der Waals surface area contributed by atoms with Crippen molar-refractivity contribution >= 4 is 29.1 Å². The lowest BCUT2D eigenvalue weighted by atomic mass is 10.1. The van der Waals surface area contributed by atoms with Crippen molar-refractivity contribution in [3.05, 3.63) is 30.0 Å². The molecule has 2 heterocycles. The van der Waals surface area contributed by atoms with E-state index in [2.05, 4.69) is 41.6 Å². The lowest BCUT2D eigenvalue weighted by molar-refractivity contribution is 0.0958. The molecular formula is C18H22N10O3. The third-order valence-electron chi connectivity index (χ3n) is 3.94. The molecule has 2 aromatic heterocycles. The molecule has 3 aromatic rings. The highest BCUT2D eigenvalue weighted by atomic mass is 16.5. The van der Waals surface area contributed by atoms with E-state index in [9.17, 15) is 9.59 Å². The van der Waals surface area contributed by atoms with Gasteiger partial charge in [0.1, 0.15) is 0 Å². The van der Waals surface area contributed by atoms with Crippen LogP contribution in [0, 0.1) is 0 Å². The largest absolute Gasteiger partial charge is 0.494 e. The number of aromatic nitrogens is 6. The lowest BCUT2D eigenvalue weighted by Crippen LogP contribution is -2.29. The van der Waals surface area contributed by atoms with Gasteiger partial charge < -0.3 is 20.7 Å². The molecule has 3 amide bonds. The van der Waals surface area contributed by atoms with Gasteiger partial charge in [-0.15, -0.1) is 20.4 Å². The normalized spacial score (nSPS) is 12.2. The number of methoxy groups -OCH3 is 1. The third kappa shape index (κ3) is 4.83. The molecule has 0 unspecified atom stereocenters. The van der Waals surface area contributed by atoms with E-state index in [0.717, 1.165) is 0 Å². The molecule has 0 saturated heterocycles. The average molecular weight is 429 g/mol. The molecule has 4 N–H and O–H groups in total. The van der Waals surface area contributed by atoms with Crippen LogP contribution in [0.4, 0.5) is 22.0 Å². The van der Waals surface area contributed by atoms with Gasteiger partial charge in [0.2, 0.25) is 5.82 Å². The summed E-state index contributed by atoms with van der Waals surface area (Å²) in [6.07, 6.45) is 0. The van der Waals surface area contributed by atoms with Crippen molar-refractivity contribution in [2.75, 3.05) is 31.3 Å². The van der Waals surface area contributed by atoms with E-state index >= 15 is 0 Å². The Morgan fingerprint density at radius 2 is 2.06 bits per heavy atom. The number of aryl methyl sites for hydroxylation is 1. The number of para-hydroxylation sites is 1. The number of carbonyl (C=O) groups excluding carboxylic acids is 2. The fraction of sp³-hybridized carbons (Fsp3) is 0.278. The Labute approximate surface area is 181 Å². The standard InChI is InChI=1S/C18H22N10O3/c1-5-20-18(30)22-13-9-12(14(24-23-13)17(29)19-2)21-11-8-6-7-10(15(11)31-4)16-25-27-28(3)26-16/h6-9H,5H2,1-4H3,(H,19,29)(H3,20,21,22,23,30)/i2D3. The second-order valence-corrected chi connectivity index (χ2v) is 6.04. The first-order chi connectivity index (χ1) is 16.1. The SMILES string of the molecule is [2H]C([2H])([2H])NC(=O)c1nnc(NC(=O)NCC)cc1Nc1cccc(-c2nnn(C)n2)c1OC. The van der Waals surface area contributed by atoms with Crippen molar-refractivity contribution in [1.29, 1.82) is 0 Å². The fourth-order valence-electron chi connectivity index (χ4n) is 2.66. The van der Waals surface area contributed by atoms with E-state index in [1.165, 1.54) is 18.0 Å². The van der Waals surface area contributed by atoms with Gasteiger partial charge in [0.25, 0.3) is 5.91 Å². The summed E-state index contributed by atoms with van der Waals surface area (Å²) in [5.41, 5.74) is 0.637. The molecule has 1 aromatic carbocycles. The van der Waals surface area contributed by atoms with E-state index in [0.29, 0.717) is 29.4 Å². The van der Waals surface area contributed by atoms with Crippen LogP contribution in [0.3, 0.4) is 0 Å². The summed E-state index contributed by atoms with van der Waals surface area (Å²) < 4.78 is 27.4. The van der Waals surface area contributed by atoms with Crippen LogP contribution < -0.4 is 26.0 Å². The summed E-state index contributed by atoms with van der Waals surface area (Å²) in [5, 5.41) is 29.5. The molecule has 162 valence electrons. The Balaban J connectivity index is 2.04. The van der Waals surface area contributed by atoms with Crippen LogP contribution in [0.15, 0.2) is 24.3 Å². The zero-order chi connectivity index (χ0) is 24.9. The minimum atomic E-state index is -2.75. The number of ether oxygens (including phenoxy) is 1. The molecule has 0 fully saturated rings. The first-order valence-corrected chi connectivity index (χ1v) is 9.04. The van der Waals surface area contributed by atoms with Gasteiger partial charge in [-0.05, 0) is 24.3 Å². The Hall–Kier alpha value is -4.29. The summed E-state index contributed by atoms with van der Waals surface area (Å²) in [6.45, 7) is -0.626. The highest BCUT2D eigenvalue weighted by molar-refractivity contribution is 5.99. The smallest absolute Gasteiger partial charge is 0.320 e. The second-order valence-electron chi connectivity index (χ2n) is 6.04. The number of rotatable bonds is 7. The predicted molar refractivity (Wildman–Crippen MR) is 112 cm³/mol. The van der Waals surface area contributed by atoms with Crippen molar-refractivity contribution in [2.45, 2.75) is 6.92 Å². The van der Waals surface area contributed by atoms with Crippen LogP contribution >= 0.6 is 0 Å². The predicted octanol–water partition coefficient (Wildman–Crippen LogP) is 0.920. The highest BCUT2D eigenvalue weighted by Crippen LogP contribution is 2.36. The number of anilines is 3. The summed E-state index contributed by atoms with van der Waals surface area (Å²) in [4.78, 5) is 25.8. The molecule has 13 heteroatoms. The number of benzene rings is 1. The van der Waals surface area contributed by atoms with Gasteiger partial charge in [0.15, 0.2) is 17.3 Å². The molecule has 13 nitrogen and oxygen atoms in total. The molecule has 0 radical (unpaired) electrons. The molecule has 0 spiro atoms. The van der Waals surface area contributed by atoms with E-state index < -0.39 is 18.9 Å². The average Bonchev–Trinajstić information content (AvgIpc) is 3.18. The van der Waals surface area contributed by atoms with Crippen LogP contribution in [-0.4, -0.2) is 63.0 Å². The molecule has 31 heavy (non-hydrogen) atoms. The van der Waals surface area contributed by atoms with Crippen LogP contribution in [0.1, 0.15) is 21.5 Å². The number of hydrogen-bond acceptors (Lipinski definition) is 9. The first kappa shape index (κ1) is 17.6. The number of tetrazole rings is 1. The van der Waals surface area contributed by atoms with E-state index in [1.807, 2.05) is 5.32 Å². The topological polar surface area (TPSA) is 161 Å². The summed E-state index contributed by atoms with van der Waals surface area (Å²) >= 11 is 0. The van der Waals surface area contributed by atoms with Crippen LogP contribution in [0.5, 0.6) is 5.75 Å². The maximum atomic E-state index is 12.6. The molecule has 0 saturated carbocycles. The Morgan fingerprint density at radius 3 is 2.74 bits per heavy atom. The summed E-state index contributed by atoms with van der Waals surface area (Å²) in [6, 6.07) is 5.87. The van der Waals surface area contributed by atoms with Gasteiger partial charge in [-0.2, -0.15) is 4.80 Å². The molecule has 0 aliphatic carbocycles. The van der Waals surface area contributed by atoms with Crippen LogP contribution in [0.2, 0.25) is 0 Å². The monoisotopic (exact) mass is 429 g/mol. The highest BCUT2D eigenvalue weighted by Gasteiger charge is 2.19. The van der Waals surface area contributed by atoms with Gasteiger partial charge in [0.05, 0.1) is 31.1 Å². The quantitative estimate of drug-likeness (QED) is 0.428. The number of nitrogens with zero attached hydrogens (tertiary/aromatic N) is 6. The van der Waals surface area contributed by atoms with Crippen molar-refractivity contribution in [2.24, 2.45) is 7.05 Å². The fourth-order valence-corrected chi connectivity index (χ4v) is 2.66. The molecule has 0 bridgehead atoms. The number of carbonyl (C=O) groups is 2. The zero-order valence-corrected chi connectivity index (χ0v) is 16.9. The zero-order valence-electron chi connectivity index (χ0n) is 19.9. The molecule has 3 rings (SSSR count). The summed E-state index contributed by atoms with van der Waals surface area (Å²) in [5.74, 6) is -0.350. The van der Waals surface area contributed by atoms with Gasteiger partial charge in [0, 0.05) is 23.7 Å². The van der Waals surface area contributed by atoms with Gasteiger partial charge in [-0.1, -0.05) is 6.07 Å². The Morgan fingerprint density at radius 1 is 1.23 bits per heavy atom. The van der Waals surface area contributed by atoms with E-state index in [4.69, 9.17) is 8.85 Å². The molecular weight excluding hydrogens is 404 g/mol. The maximum Gasteiger partial charge on any atom is 0.320 e. The van der Waals surface area contributed by atoms with Crippen LogP contribution in [-0.2, 0) is 7.05 Å². The number of urea groups is 1. The number of amides is 3. The van der Waals surface area contributed by atoms with Crippen molar-refractivity contribution in [1.82, 2.24) is 41.0 Å². The molecule has 0 aliphatic rings. The van der Waals surface area contributed by atoms with Crippen molar-refractivity contribution < 1.29 is 18.4 Å². The molecule has 0 aliphatic heterocycles. The minimum absolute atomic E-state index is 0.0181. The Kier molecular flexibility index (Phi) is 5.36. The van der Waals surface area contributed by atoms with Crippen LogP contribution in [0.25, 0.3) is 11.4 Å². The molecule has 0 atom stereocenters.